The zero-order valence-electron chi connectivity index (χ0n) is 16.6. The monoisotopic (exact) mass is 423 g/mol. The summed E-state index contributed by atoms with van der Waals surface area (Å²) in [7, 11) is 1.57. The van der Waals surface area contributed by atoms with Crippen molar-refractivity contribution >= 4 is 34.1 Å². The molecule has 1 aromatic heterocycles. The molecule has 1 aliphatic rings. The van der Waals surface area contributed by atoms with E-state index in [0.29, 0.717) is 71.2 Å². The maximum atomic E-state index is 9.82. The third kappa shape index (κ3) is 3.84. The number of fused-ring (bicyclic) bond motifs is 1. The van der Waals surface area contributed by atoms with Crippen LogP contribution in [0.3, 0.4) is 0 Å². The fraction of sp³-hybridized carbons (Fsp3) is 0.318. The van der Waals surface area contributed by atoms with Gasteiger partial charge in [0.05, 0.1) is 40.7 Å². The number of halogens is 1. The van der Waals surface area contributed by atoms with Gasteiger partial charge in [0.2, 0.25) is 5.95 Å². The van der Waals surface area contributed by atoms with Crippen LogP contribution in [-0.2, 0) is 6.42 Å². The molecule has 0 atom stereocenters. The van der Waals surface area contributed by atoms with Crippen LogP contribution in [0.15, 0.2) is 30.3 Å². The van der Waals surface area contributed by atoms with Crippen molar-refractivity contribution in [1.82, 2.24) is 9.97 Å². The molecule has 154 valence electrons. The average Bonchev–Trinajstić information content (AvgIpc) is 2.74. The van der Waals surface area contributed by atoms with E-state index in [0.717, 1.165) is 11.3 Å². The van der Waals surface area contributed by atoms with Crippen LogP contribution in [0.1, 0.15) is 29.7 Å². The molecule has 0 saturated carbocycles. The van der Waals surface area contributed by atoms with Gasteiger partial charge in [-0.1, -0.05) is 17.7 Å². The topological polar surface area (TPSA) is 108 Å². The number of hydrogen-bond acceptors (Lipinski definition) is 7. The number of anilines is 2. The molecule has 7 nitrogen and oxygen atoms in total. The number of nitriles is 1. The van der Waals surface area contributed by atoms with Gasteiger partial charge in [-0.2, -0.15) is 5.26 Å². The number of piperidine rings is 1. The predicted molar refractivity (Wildman–Crippen MR) is 117 cm³/mol. The number of nitrogen functional groups attached to an aromatic ring is 1. The van der Waals surface area contributed by atoms with Crippen LogP contribution in [0.5, 0.6) is 5.75 Å². The molecule has 2 aromatic carbocycles. The second kappa shape index (κ2) is 8.34. The molecule has 3 N–H and O–H groups in total. The first-order chi connectivity index (χ1) is 14.5. The quantitative estimate of drug-likeness (QED) is 0.619. The summed E-state index contributed by atoms with van der Waals surface area (Å²) in [4.78, 5) is 11.6. The van der Waals surface area contributed by atoms with Crippen molar-refractivity contribution < 1.29 is 9.84 Å². The normalized spacial score (nSPS) is 14.7. The zero-order valence-corrected chi connectivity index (χ0v) is 17.4. The largest absolute Gasteiger partial charge is 0.495 e. The van der Waals surface area contributed by atoms with Crippen LogP contribution in [0.2, 0.25) is 5.02 Å². The first kappa shape index (κ1) is 20.2. The average molecular weight is 424 g/mol. The van der Waals surface area contributed by atoms with Crippen LogP contribution in [0, 0.1) is 11.3 Å². The van der Waals surface area contributed by atoms with Gasteiger partial charge in [0.25, 0.3) is 0 Å². The fourth-order valence-electron chi connectivity index (χ4n) is 3.76. The van der Waals surface area contributed by atoms with Crippen LogP contribution in [0.25, 0.3) is 10.9 Å². The van der Waals surface area contributed by atoms with E-state index >= 15 is 0 Å². The highest BCUT2D eigenvalue weighted by Gasteiger charge is 2.22. The summed E-state index contributed by atoms with van der Waals surface area (Å²) in [5, 5.41) is 20.4. The second-order valence-corrected chi connectivity index (χ2v) is 7.77. The van der Waals surface area contributed by atoms with Gasteiger partial charge >= 0.3 is 0 Å². The summed E-state index contributed by atoms with van der Waals surface area (Å²) in [6.45, 7) is 1.37. The lowest BCUT2D eigenvalue weighted by atomic mass is 10.0. The van der Waals surface area contributed by atoms with Crippen molar-refractivity contribution in [2.75, 3.05) is 30.8 Å². The van der Waals surface area contributed by atoms with Gasteiger partial charge in [0, 0.05) is 24.9 Å². The summed E-state index contributed by atoms with van der Waals surface area (Å²) >= 11 is 6.30. The van der Waals surface area contributed by atoms with E-state index in [4.69, 9.17) is 32.0 Å². The van der Waals surface area contributed by atoms with Crippen molar-refractivity contribution in [3.63, 3.8) is 0 Å². The van der Waals surface area contributed by atoms with Gasteiger partial charge in [-0.15, -0.1) is 0 Å². The number of methoxy groups -OCH3 is 1. The van der Waals surface area contributed by atoms with Gasteiger partial charge in [0.1, 0.15) is 11.8 Å². The predicted octanol–water partition coefficient (Wildman–Crippen LogP) is 3.30. The Morgan fingerprint density at radius 2 is 2.03 bits per heavy atom. The number of benzene rings is 2. The fourth-order valence-corrected chi connectivity index (χ4v) is 4.04. The lowest BCUT2D eigenvalue weighted by Gasteiger charge is -2.30. The first-order valence-electron chi connectivity index (χ1n) is 9.74. The number of nitrogens with two attached hydrogens (primary N) is 1. The molecule has 0 amide bonds. The van der Waals surface area contributed by atoms with Crippen molar-refractivity contribution in [2.45, 2.75) is 25.4 Å². The molecule has 2 heterocycles. The van der Waals surface area contributed by atoms with Gasteiger partial charge in [-0.3, -0.25) is 0 Å². The summed E-state index contributed by atoms with van der Waals surface area (Å²) in [5.74, 6) is 1.21. The Hall–Kier alpha value is -3.08. The third-order valence-corrected chi connectivity index (χ3v) is 5.72. The highest BCUT2D eigenvalue weighted by atomic mass is 35.5. The van der Waals surface area contributed by atoms with E-state index in [1.807, 2.05) is 18.2 Å². The molecule has 1 saturated heterocycles. The lowest BCUT2D eigenvalue weighted by Crippen LogP contribution is -2.37. The van der Waals surface area contributed by atoms with Crippen molar-refractivity contribution in [3.05, 3.63) is 52.2 Å². The highest BCUT2D eigenvalue weighted by Crippen LogP contribution is 2.32. The molecule has 4 rings (SSSR count). The molecule has 0 radical (unpaired) electrons. The number of aromatic nitrogens is 2. The van der Waals surface area contributed by atoms with E-state index in [1.54, 1.807) is 19.2 Å². The molecule has 0 spiro atoms. The van der Waals surface area contributed by atoms with Gasteiger partial charge in [-0.25, -0.2) is 9.97 Å². The summed E-state index contributed by atoms with van der Waals surface area (Å²) < 4.78 is 5.24. The lowest BCUT2D eigenvalue weighted by molar-refractivity contribution is 0.145. The van der Waals surface area contributed by atoms with E-state index in [-0.39, 0.29) is 6.10 Å². The third-order valence-electron chi connectivity index (χ3n) is 5.42. The highest BCUT2D eigenvalue weighted by molar-refractivity contribution is 6.32. The Kier molecular flexibility index (Phi) is 5.62. The number of aliphatic hydroxyl groups excluding tert-OH is 1. The van der Waals surface area contributed by atoms with Crippen molar-refractivity contribution in [3.8, 4) is 11.8 Å². The molecule has 0 bridgehead atoms. The Balaban J connectivity index is 1.82. The van der Waals surface area contributed by atoms with Crippen molar-refractivity contribution in [2.24, 2.45) is 0 Å². The standard InChI is InChI=1S/C22H22ClN5O2/c1-30-19-5-2-13(10-16(19)23)11-18-20-17(4-3-14(12-24)21(20)25)26-22(27-18)28-8-6-15(29)7-9-28/h2-5,10,15,29H,6-9,11,25H2,1H3. The SMILES string of the molecule is COc1ccc(Cc2nc(N3CCC(O)CC3)nc3ccc(C#N)c(N)c23)cc1Cl. The number of hydrogen-bond donors (Lipinski definition) is 2. The van der Waals surface area contributed by atoms with Gasteiger partial charge < -0.3 is 20.5 Å². The number of nitrogens with zero attached hydrogens (tertiary/aromatic N) is 4. The molecular weight excluding hydrogens is 402 g/mol. The number of aliphatic hydroxyl groups is 1. The van der Waals surface area contributed by atoms with Gasteiger partial charge in [0.15, 0.2) is 0 Å². The minimum absolute atomic E-state index is 0.281. The maximum absolute atomic E-state index is 9.82. The molecule has 8 heteroatoms. The Bertz CT molecular complexity index is 1140. The smallest absolute Gasteiger partial charge is 0.226 e. The minimum atomic E-state index is -0.281. The number of ether oxygens (including phenoxy) is 1. The van der Waals surface area contributed by atoms with E-state index < -0.39 is 0 Å². The Morgan fingerprint density at radius 1 is 1.27 bits per heavy atom. The Labute approximate surface area is 179 Å². The molecule has 1 fully saturated rings. The summed E-state index contributed by atoms with van der Waals surface area (Å²) in [6.07, 6.45) is 1.56. The van der Waals surface area contributed by atoms with Gasteiger partial charge in [-0.05, 0) is 42.7 Å². The molecule has 30 heavy (non-hydrogen) atoms. The molecule has 1 aliphatic heterocycles. The maximum Gasteiger partial charge on any atom is 0.226 e. The molecule has 0 unspecified atom stereocenters. The number of rotatable bonds is 4. The zero-order chi connectivity index (χ0) is 21.3. The van der Waals surface area contributed by atoms with E-state index in [2.05, 4.69) is 11.0 Å². The van der Waals surface area contributed by atoms with E-state index in [9.17, 15) is 10.4 Å². The first-order valence-corrected chi connectivity index (χ1v) is 10.1. The van der Waals surface area contributed by atoms with Crippen LogP contribution in [0.4, 0.5) is 11.6 Å². The van der Waals surface area contributed by atoms with Crippen molar-refractivity contribution in [1.29, 1.82) is 5.26 Å². The van der Waals surface area contributed by atoms with Crippen LogP contribution < -0.4 is 15.4 Å². The van der Waals surface area contributed by atoms with Crippen LogP contribution >= 0.6 is 11.6 Å². The summed E-state index contributed by atoms with van der Waals surface area (Å²) in [5.41, 5.74) is 9.46. The second-order valence-electron chi connectivity index (χ2n) is 7.37. The molecular formula is C22H22ClN5O2. The molecule has 3 aromatic rings. The van der Waals surface area contributed by atoms with Crippen LogP contribution in [-0.4, -0.2) is 41.4 Å². The Morgan fingerprint density at radius 3 is 2.70 bits per heavy atom. The molecule has 0 aliphatic carbocycles. The minimum Gasteiger partial charge on any atom is -0.495 e. The van der Waals surface area contributed by atoms with E-state index in [1.165, 1.54) is 0 Å². The summed E-state index contributed by atoms with van der Waals surface area (Å²) in [6, 6.07) is 11.2.